The fraction of sp³-hybridized carbons (Fsp3) is 0.278. The number of esters is 1. The van der Waals surface area contributed by atoms with Crippen molar-refractivity contribution in [2.75, 3.05) is 20.7 Å². The lowest BCUT2D eigenvalue weighted by molar-refractivity contribution is 0.0518. The van der Waals surface area contributed by atoms with Crippen molar-refractivity contribution in [3.8, 4) is 0 Å². The first-order valence-electron chi connectivity index (χ1n) is 7.61. The van der Waals surface area contributed by atoms with Crippen LogP contribution >= 0.6 is 11.3 Å². The van der Waals surface area contributed by atoms with Crippen LogP contribution in [-0.2, 0) is 4.74 Å². The number of nitrogens with zero attached hydrogens (tertiary/aromatic N) is 1. The van der Waals surface area contributed by atoms with Crippen LogP contribution in [0.25, 0.3) is 10.9 Å². The van der Waals surface area contributed by atoms with Crippen LogP contribution < -0.4 is 0 Å². The average Bonchev–Trinajstić information content (AvgIpc) is 3.16. The Bertz CT molecular complexity index is 806. The third-order valence-corrected chi connectivity index (χ3v) is 4.75. The van der Waals surface area contributed by atoms with Gasteiger partial charge in [0.15, 0.2) is 0 Å². The van der Waals surface area contributed by atoms with E-state index in [1.54, 1.807) is 11.3 Å². The van der Waals surface area contributed by atoms with Crippen LogP contribution in [0.2, 0.25) is 0 Å². The van der Waals surface area contributed by atoms with Gasteiger partial charge in [-0.15, -0.1) is 11.3 Å². The van der Waals surface area contributed by atoms with E-state index < -0.39 is 0 Å². The molecule has 4 nitrogen and oxygen atoms in total. The molecule has 2 aromatic heterocycles. The molecule has 0 fully saturated rings. The molecule has 120 valence electrons. The van der Waals surface area contributed by atoms with Crippen LogP contribution in [0.4, 0.5) is 0 Å². The number of carbonyl (C=O) groups is 1. The Balaban J connectivity index is 2.24. The number of nitrogens with one attached hydrogen (secondary N) is 1. The number of aromatic nitrogens is 1. The third-order valence-electron chi connectivity index (χ3n) is 3.83. The number of aromatic amines is 1. The normalized spacial score (nSPS) is 12.7. The highest BCUT2D eigenvalue weighted by molar-refractivity contribution is 7.10. The minimum absolute atomic E-state index is 0.00514. The molecule has 0 saturated heterocycles. The summed E-state index contributed by atoms with van der Waals surface area (Å²) in [6.07, 6.45) is 0. The SMILES string of the molecule is CCOC(=O)c1[nH]c2ccccc2c1C(c1cccs1)N(C)C. The summed E-state index contributed by atoms with van der Waals surface area (Å²) in [6, 6.07) is 12.1. The van der Waals surface area contributed by atoms with E-state index in [1.807, 2.05) is 51.4 Å². The zero-order chi connectivity index (χ0) is 16.4. The van der Waals surface area contributed by atoms with E-state index in [1.165, 1.54) is 4.88 Å². The number of hydrogen-bond donors (Lipinski definition) is 1. The van der Waals surface area contributed by atoms with Gasteiger partial charge in [0.25, 0.3) is 0 Å². The summed E-state index contributed by atoms with van der Waals surface area (Å²) in [7, 11) is 4.06. The first-order chi connectivity index (χ1) is 11.1. The summed E-state index contributed by atoms with van der Waals surface area (Å²) in [5, 5.41) is 3.12. The van der Waals surface area contributed by atoms with Gasteiger partial charge in [0.2, 0.25) is 0 Å². The maximum Gasteiger partial charge on any atom is 0.355 e. The number of H-pyrrole nitrogens is 1. The lowest BCUT2D eigenvalue weighted by Crippen LogP contribution is -2.22. The van der Waals surface area contributed by atoms with Gasteiger partial charge in [-0.2, -0.15) is 0 Å². The van der Waals surface area contributed by atoms with E-state index >= 15 is 0 Å². The quantitative estimate of drug-likeness (QED) is 0.719. The number of benzene rings is 1. The second kappa shape index (κ2) is 6.56. The first kappa shape index (κ1) is 15.8. The first-order valence-corrected chi connectivity index (χ1v) is 8.49. The second-order valence-corrected chi connectivity index (χ2v) is 6.54. The van der Waals surface area contributed by atoms with E-state index in [9.17, 15) is 4.79 Å². The molecular weight excluding hydrogens is 308 g/mol. The second-order valence-electron chi connectivity index (χ2n) is 5.56. The van der Waals surface area contributed by atoms with Crippen molar-refractivity contribution in [2.24, 2.45) is 0 Å². The number of thiophene rings is 1. The van der Waals surface area contributed by atoms with Crippen molar-refractivity contribution >= 4 is 28.2 Å². The fourth-order valence-electron chi connectivity index (χ4n) is 2.91. The minimum Gasteiger partial charge on any atom is -0.461 e. The van der Waals surface area contributed by atoms with Gasteiger partial charge in [0.05, 0.1) is 12.6 Å². The molecule has 0 saturated carbocycles. The van der Waals surface area contributed by atoms with E-state index in [2.05, 4.69) is 21.3 Å². The highest BCUT2D eigenvalue weighted by atomic mass is 32.1. The number of carbonyl (C=O) groups excluding carboxylic acids is 1. The van der Waals surface area contributed by atoms with E-state index in [4.69, 9.17) is 4.74 Å². The van der Waals surface area contributed by atoms with Crippen LogP contribution in [0.3, 0.4) is 0 Å². The van der Waals surface area contributed by atoms with Gasteiger partial charge in [-0.1, -0.05) is 24.3 Å². The van der Waals surface area contributed by atoms with Crippen LogP contribution in [0, 0.1) is 0 Å². The van der Waals surface area contributed by atoms with Gasteiger partial charge in [-0.3, -0.25) is 4.90 Å². The number of rotatable bonds is 5. The van der Waals surface area contributed by atoms with Crippen molar-refractivity contribution in [1.82, 2.24) is 9.88 Å². The molecule has 1 N–H and O–H groups in total. The summed E-state index contributed by atoms with van der Waals surface area (Å²) in [5.41, 5.74) is 2.47. The van der Waals surface area contributed by atoms with E-state index in [-0.39, 0.29) is 12.0 Å². The number of fused-ring (bicyclic) bond motifs is 1. The van der Waals surface area contributed by atoms with Crippen LogP contribution in [0.5, 0.6) is 0 Å². The molecule has 0 radical (unpaired) electrons. The fourth-order valence-corrected chi connectivity index (χ4v) is 3.84. The van der Waals surface area contributed by atoms with Gasteiger partial charge < -0.3 is 9.72 Å². The minimum atomic E-state index is -0.304. The van der Waals surface area contributed by atoms with Gasteiger partial charge in [0, 0.05) is 21.3 Å². The van der Waals surface area contributed by atoms with Crippen molar-refractivity contribution in [3.63, 3.8) is 0 Å². The van der Waals surface area contributed by atoms with Crippen molar-refractivity contribution in [1.29, 1.82) is 0 Å². The van der Waals surface area contributed by atoms with Crippen LogP contribution in [0.1, 0.15) is 33.9 Å². The largest absolute Gasteiger partial charge is 0.461 e. The molecule has 0 amide bonds. The summed E-state index contributed by atoms with van der Waals surface area (Å²) >= 11 is 1.69. The molecule has 0 aliphatic rings. The summed E-state index contributed by atoms with van der Waals surface area (Å²) in [4.78, 5) is 19.0. The zero-order valence-corrected chi connectivity index (χ0v) is 14.3. The lowest BCUT2D eigenvalue weighted by atomic mass is 10.00. The Kier molecular flexibility index (Phi) is 4.50. The standard InChI is InChI=1S/C18H20N2O2S/c1-4-22-18(21)16-15(12-8-5-6-9-13(12)19-16)17(20(2)3)14-10-7-11-23-14/h5-11,17,19H,4H2,1-3H3. The van der Waals surface area contributed by atoms with Crippen molar-refractivity contribution < 1.29 is 9.53 Å². The van der Waals surface area contributed by atoms with Gasteiger partial charge in [0.1, 0.15) is 5.69 Å². The Hall–Kier alpha value is -2.11. The molecule has 0 aliphatic carbocycles. The molecule has 2 heterocycles. The molecule has 1 aromatic carbocycles. The maximum absolute atomic E-state index is 12.5. The predicted molar refractivity (Wildman–Crippen MR) is 94.1 cm³/mol. The zero-order valence-electron chi connectivity index (χ0n) is 13.5. The van der Waals surface area contributed by atoms with E-state index in [0.717, 1.165) is 16.5 Å². The van der Waals surface area contributed by atoms with Crippen LogP contribution in [0.15, 0.2) is 41.8 Å². The summed E-state index contributed by atoms with van der Waals surface area (Å²) in [5.74, 6) is -0.304. The average molecular weight is 328 g/mol. The van der Waals surface area contributed by atoms with Crippen molar-refractivity contribution in [2.45, 2.75) is 13.0 Å². The van der Waals surface area contributed by atoms with Gasteiger partial charge in [-0.25, -0.2) is 4.79 Å². The molecule has 0 aliphatic heterocycles. The molecule has 0 spiro atoms. The molecule has 1 atom stereocenters. The Morgan fingerprint density at radius 2 is 2.04 bits per heavy atom. The number of hydrogen-bond acceptors (Lipinski definition) is 4. The molecule has 3 rings (SSSR count). The Morgan fingerprint density at radius 1 is 1.26 bits per heavy atom. The summed E-state index contributed by atoms with van der Waals surface area (Å²) in [6.45, 7) is 2.18. The molecule has 1 unspecified atom stereocenters. The topological polar surface area (TPSA) is 45.3 Å². The highest BCUT2D eigenvalue weighted by Crippen LogP contribution is 2.37. The van der Waals surface area contributed by atoms with Gasteiger partial charge >= 0.3 is 5.97 Å². The van der Waals surface area contributed by atoms with Crippen LogP contribution in [-0.4, -0.2) is 36.6 Å². The Morgan fingerprint density at radius 3 is 2.70 bits per heavy atom. The van der Waals surface area contributed by atoms with E-state index in [0.29, 0.717) is 12.3 Å². The molecule has 0 bridgehead atoms. The maximum atomic E-state index is 12.5. The molecule has 3 aromatic rings. The molecule has 5 heteroatoms. The monoisotopic (exact) mass is 328 g/mol. The number of ether oxygens (including phenoxy) is 1. The lowest BCUT2D eigenvalue weighted by Gasteiger charge is -2.24. The smallest absolute Gasteiger partial charge is 0.355 e. The summed E-state index contributed by atoms with van der Waals surface area (Å²) < 4.78 is 5.26. The third kappa shape index (κ3) is 2.90. The Labute approximate surface area is 139 Å². The predicted octanol–water partition coefficient (Wildman–Crippen LogP) is 4.06. The number of para-hydroxylation sites is 1. The highest BCUT2D eigenvalue weighted by Gasteiger charge is 2.28. The molecule has 23 heavy (non-hydrogen) atoms. The van der Waals surface area contributed by atoms with Crippen molar-refractivity contribution in [3.05, 3.63) is 57.9 Å². The van der Waals surface area contributed by atoms with Gasteiger partial charge in [-0.05, 0) is 38.5 Å². The molecular formula is C18H20N2O2S.